The van der Waals surface area contributed by atoms with Crippen molar-refractivity contribution in [3.8, 4) is 0 Å². The van der Waals surface area contributed by atoms with E-state index in [4.69, 9.17) is 5.84 Å². The van der Waals surface area contributed by atoms with Gasteiger partial charge in [0, 0.05) is 12.6 Å². The van der Waals surface area contributed by atoms with E-state index in [0.29, 0.717) is 12.5 Å². The van der Waals surface area contributed by atoms with Crippen LogP contribution in [-0.4, -0.2) is 30.5 Å². The predicted octanol–water partition coefficient (Wildman–Crippen LogP) is 1.20. The first-order valence-electron chi connectivity index (χ1n) is 6.52. The second-order valence-electron chi connectivity index (χ2n) is 4.91. The van der Waals surface area contributed by atoms with Gasteiger partial charge in [-0.1, -0.05) is 18.9 Å². The Kier molecular flexibility index (Phi) is 6.47. The molecule has 0 spiro atoms. The third kappa shape index (κ3) is 5.02. The molecule has 17 heavy (non-hydrogen) atoms. The van der Waals surface area contributed by atoms with Gasteiger partial charge < -0.3 is 9.74 Å². The summed E-state index contributed by atoms with van der Waals surface area (Å²) >= 11 is 0. The topological polar surface area (TPSA) is 67.6 Å². The molecule has 0 heterocycles. The van der Waals surface area contributed by atoms with E-state index in [1.54, 1.807) is 0 Å². The van der Waals surface area contributed by atoms with E-state index in [0.717, 1.165) is 12.5 Å². The minimum Gasteiger partial charge on any atom is -0.356 e. The zero-order valence-corrected chi connectivity index (χ0v) is 10.9. The van der Waals surface area contributed by atoms with Crippen molar-refractivity contribution in [2.45, 2.75) is 51.5 Å². The molecule has 0 radical (unpaired) electrons. The maximum atomic E-state index is 11.1. The fourth-order valence-corrected chi connectivity index (χ4v) is 2.56. The Morgan fingerprint density at radius 1 is 1.41 bits per heavy atom. The molecule has 0 atom stereocenters. The number of nitrogens with one attached hydrogen (secondary N) is 1. The summed E-state index contributed by atoms with van der Waals surface area (Å²) in [5, 5.41) is 0. The van der Waals surface area contributed by atoms with Crippen molar-refractivity contribution in [2.75, 3.05) is 13.6 Å². The van der Waals surface area contributed by atoms with Crippen LogP contribution in [0.4, 0.5) is 0 Å². The van der Waals surface area contributed by atoms with Crippen LogP contribution in [0.1, 0.15) is 45.4 Å². The Bertz CT molecular complexity index is 228. The molecule has 0 bridgehead atoms. The van der Waals surface area contributed by atoms with E-state index in [1.165, 1.54) is 32.1 Å². The van der Waals surface area contributed by atoms with Gasteiger partial charge in [-0.05, 0) is 38.6 Å². The van der Waals surface area contributed by atoms with Gasteiger partial charge in [0.15, 0.2) is 0 Å². The molecular weight excluding hydrogens is 218 g/mol. The van der Waals surface area contributed by atoms with Crippen molar-refractivity contribution in [3.63, 3.8) is 0 Å². The summed E-state index contributed by atoms with van der Waals surface area (Å²) in [6.45, 7) is 3.01. The predicted molar refractivity (Wildman–Crippen MR) is 66.7 cm³/mol. The number of nitrogens with two attached hydrogens (primary N) is 1. The van der Waals surface area contributed by atoms with E-state index in [1.807, 2.05) is 5.59 Å². The van der Waals surface area contributed by atoms with Crippen LogP contribution in [0, 0.1) is 5.92 Å². The summed E-state index contributed by atoms with van der Waals surface area (Å²) in [7, 11) is 2.08. The van der Waals surface area contributed by atoms with Gasteiger partial charge >= 0.3 is 5.97 Å². The quantitative estimate of drug-likeness (QED) is 0.542. The van der Waals surface area contributed by atoms with Crippen molar-refractivity contribution >= 4 is 5.97 Å². The van der Waals surface area contributed by atoms with Crippen molar-refractivity contribution in [1.82, 2.24) is 10.5 Å². The first kappa shape index (κ1) is 14.4. The number of hydrogen-bond donors (Lipinski definition) is 2. The molecule has 0 aromatic carbocycles. The zero-order valence-electron chi connectivity index (χ0n) is 10.9. The highest BCUT2D eigenvalue weighted by Gasteiger charge is 2.23. The maximum absolute atomic E-state index is 11.1. The second kappa shape index (κ2) is 7.63. The minimum absolute atomic E-state index is 0.304. The molecule has 1 aliphatic rings. The molecule has 3 N–H and O–H groups in total. The molecule has 100 valence electrons. The Morgan fingerprint density at radius 2 is 2.06 bits per heavy atom. The van der Waals surface area contributed by atoms with Gasteiger partial charge in [-0.2, -0.15) is 0 Å². The van der Waals surface area contributed by atoms with Gasteiger partial charge in [0.2, 0.25) is 0 Å². The molecule has 0 unspecified atom stereocenters. The van der Waals surface area contributed by atoms with E-state index in [9.17, 15) is 4.79 Å². The lowest BCUT2D eigenvalue weighted by atomic mass is 9.84. The summed E-state index contributed by atoms with van der Waals surface area (Å²) in [5.74, 6) is 5.51. The summed E-state index contributed by atoms with van der Waals surface area (Å²) in [6.07, 6.45) is 6.82. The van der Waals surface area contributed by atoms with Crippen LogP contribution in [-0.2, 0) is 9.63 Å². The van der Waals surface area contributed by atoms with Crippen LogP contribution >= 0.6 is 0 Å². The number of carbonyl (C=O) groups excluding carboxylic acids is 1. The molecule has 0 saturated heterocycles. The van der Waals surface area contributed by atoms with Crippen molar-refractivity contribution < 1.29 is 9.63 Å². The fraction of sp³-hybridized carbons (Fsp3) is 0.917. The number of rotatable bonds is 6. The Labute approximate surface area is 104 Å². The van der Waals surface area contributed by atoms with Crippen LogP contribution in [0.3, 0.4) is 0 Å². The monoisotopic (exact) mass is 243 g/mol. The van der Waals surface area contributed by atoms with Crippen LogP contribution in [0.5, 0.6) is 0 Å². The van der Waals surface area contributed by atoms with E-state index in [-0.39, 0.29) is 5.97 Å². The summed E-state index contributed by atoms with van der Waals surface area (Å²) in [6, 6.07) is 0.622. The van der Waals surface area contributed by atoms with Gasteiger partial charge in [0.25, 0.3) is 0 Å². The van der Waals surface area contributed by atoms with Gasteiger partial charge in [-0.3, -0.25) is 4.79 Å². The van der Waals surface area contributed by atoms with Crippen molar-refractivity contribution in [1.29, 1.82) is 0 Å². The molecule has 1 rings (SSSR count). The zero-order chi connectivity index (χ0) is 12.7. The molecule has 0 aromatic rings. The smallest absolute Gasteiger partial charge is 0.327 e. The third-order valence-corrected chi connectivity index (χ3v) is 3.86. The van der Waals surface area contributed by atoms with Crippen LogP contribution in [0.25, 0.3) is 0 Å². The lowest BCUT2D eigenvalue weighted by Gasteiger charge is -2.34. The second-order valence-corrected chi connectivity index (χ2v) is 4.91. The molecule has 0 amide bonds. The maximum Gasteiger partial charge on any atom is 0.327 e. The molecule has 0 aliphatic heterocycles. The lowest BCUT2D eigenvalue weighted by Crippen LogP contribution is -2.37. The Balaban J connectivity index is 2.20. The molecule has 1 aliphatic carbocycles. The average Bonchev–Trinajstić information content (AvgIpc) is 2.36. The summed E-state index contributed by atoms with van der Waals surface area (Å²) < 4.78 is 0. The average molecular weight is 243 g/mol. The Hall–Kier alpha value is -0.650. The minimum atomic E-state index is -0.304. The van der Waals surface area contributed by atoms with Gasteiger partial charge in [0.05, 0.1) is 6.42 Å². The Morgan fingerprint density at radius 3 is 2.59 bits per heavy atom. The third-order valence-electron chi connectivity index (χ3n) is 3.86. The standard InChI is InChI=1S/C12H25N3O2/c1-3-10-4-6-11(7-5-10)15(2)9-8-12(16)17-14-13/h10-11,14H,3-9,13H2,1-2H3. The lowest BCUT2D eigenvalue weighted by molar-refractivity contribution is -0.151. The van der Waals surface area contributed by atoms with E-state index < -0.39 is 0 Å². The van der Waals surface area contributed by atoms with Crippen molar-refractivity contribution in [3.05, 3.63) is 0 Å². The first-order chi connectivity index (χ1) is 8.17. The van der Waals surface area contributed by atoms with Crippen LogP contribution in [0.2, 0.25) is 0 Å². The number of carbonyl (C=O) groups is 1. The van der Waals surface area contributed by atoms with E-state index >= 15 is 0 Å². The largest absolute Gasteiger partial charge is 0.356 e. The van der Waals surface area contributed by atoms with E-state index in [2.05, 4.69) is 23.7 Å². The van der Waals surface area contributed by atoms with Gasteiger partial charge in [-0.15, -0.1) is 0 Å². The first-order valence-corrected chi connectivity index (χ1v) is 6.52. The summed E-state index contributed by atoms with van der Waals surface area (Å²) in [5.41, 5.74) is 1.92. The highest BCUT2D eigenvalue weighted by atomic mass is 16.7. The molecule has 5 heteroatoms. The highest BCUT2D eigenvalue weighted by Crippen LogP contribution is 2.28. The number of nitrogens with zero attached hydrogens (tertiary/aromatic N) is 1. The molecule has 5 nitrogen and oxygen atoms in total. The molecule has 0 aromatic heterocycles. The summed E-state index contributed by atoms with van der Waals surface area (Å²) in [4.78, 5) is 17.9. The molecule has 1 fully saturated rings. The SMILES string of the molecule is CCC1CCC(N(C)CCC(=O)ONN)CC1. The highest BCUT2D eigenvalue weighted by molar-refractivity contribution is 5.69. The van der Waals surface area contributed by atoms with Gasteiger partial charge in [-0.25, -0.2) is 5.84 Å². The van der Waals surface area contributed by atoms with Crippen LogP contribution in [0.15, 0.2) is 0 Å². The van der Waals surface area contributed by atoms with Gasteiger partial charge in [0.1, 0.15) is 0 Å². The van der Waals surface area contributed by atoms with Crippen LogP contribution < -0.4 is 11.4 Å². The number of hydrogen-bond acceptors (Lipinski definition) is 5. The van der Waals surface area contributed by atoms with Crippen molar-refractivity contribution in [2.24, 2.45) is 11.8 Å². The molecular formula is C12H25N3O2. The normalized spacial score (nSPS) is 24.9. The number of hydrazine groups is 1. The fourth-order valence-electron chi connectivity index (χ4n) is 2.56. The molecule has 1 saturated carbocycles.